The molecule has 2 aromatic rings. The normalized spacial score (nSPS) is 36.3. The van der Waals surface area contributed by atoms with Crippen molar-refractivity contribution in [1.29, 1.82) is 0 Å². The van der Waals surface area contributed by atoms with E-state index in [1.165, 1.54) is 5.56 Å². The van der Waals surface area contributed by atoms with Crippen LogP contribution in [0.1, 0.15) is 24.8 Å². The van der Waals surface area contributed by atoms with E-state index in [0.29, 0.717) is 10.8 Å². The molecule has 2 nitrogen and oxygen atoms in total. The lowest BCUT2D eigenvalue weighted by molar-refractivity contribution is 0.405. The molecule has 0 aromatic heterocycles. The first-order chi connectivity index (χ1) is 11.6. The quantitative estimate of drug-likeness (QED) is 0.790. The zero-order valence-corrected chi connectivity index (χ0v) is 14.2. The zero-order chi connectivity index (χ0) is 16.4. The van der Waals surface area contributed by atoms with Gasteiger partial charge in [0, 0.05) is 5.41 Å². The third-order valence-electron chi connectivity index (χ3n) is 6.50. The second-order valence-electron chi connectivity index (χ2n) is 7.38. The van der Waals surface area contributed by atoms with Crippen LogP contribution in [0.2, 0.25) is 0 Å². The SMILES string of the molecule is O=S(=O)(c1ccccc1)[C@@]12C=C[C@@]3(c4ccccc4)C1[C@H]3CCC2. The van der Waals surface area contributed by atoms with Crippen LogP contribution < -0.4 is 0 Å². The van der Waals surface area contributed by atoms with Crippen LogP contribution in [0.4, 0.5) is 0 Å². The van der Waals surface area contributed by atoms with Crippen molar-refractivity contribution in [3.8, 4) is 0 Å². The minimum atomic E-state index is -3.37. The lowest BCUT2D eigenvalue weighted by atomic mass is 9.88. The highest BCUT2D eigenvalue weighted by Gasteiger charge is 2.77. The summed E-state index contributed by atoms with van der Waals surface area (Å²) >= 11 is 0. The molecule has 0 amide bonds. The molecule has 4 atom stereocenters. The lowest BCUT2D eigenvalue weighted by Crippen LogP contribution is -2.41. The van der Waals surface area contributed by atoms with E-state index in [0.717, 1.165) is 19.3 Å². The van der Waals surface area contributed by atoms with Crippen molar-refractivity contribution in [3.05, 3.63) is 78.4 Å². The van der Waals surface area contributed by atoms with Crippen LogP contribution in [-0.4, -0.2) is 13.2 Å². The molecule has 0 radical (unpaired) electrons. The van der Waals surface area contributed by atoms with E-state index in [1.807, 2.05) is 30.3 Å². The van der Waals surface area contributed by atoms with Crippen LogP contribution in [0, 0.1) is 11.8 Å². The molecule has 2 aromatic carbocycles. The Morgan fingerprint density at radius 2 is 1.54 bits per heavy atom. The number of sulfone groups is 1. The molecule has 122 valence electrons. The Morgan fingerprint density at radius 1 is 0.875 bits per heavy atom. The molecule has 0 N–H and O–H groups in total. The second kappa shape index (κ2) is 4.60. The van der Waals surface area contributed by atoms with Crippen LogP contribution >= 0.6 is 0 Å². The maximum atomic E-state index is 13.5. The van der Waals surface area contributed by atoms with Crippen molar-refractivity contribution < 1.29 is 8.42 Å². The van der Waals surface area contributed by atoms with Gasteiger partial charge in [-0.25, -0.2) is 8.42 Å². The van der Waals surface area contributed by atoms with Gasteiger partial charge in [-0.1, -0.05) is 67.1 Å². The molecule has 3 aliphatic rings. The predicted molar refractivity (Wildman–Crippen MR) is 94.4 cm³/mol. The summed E-state index contributed by atoms with van der Waals surface area (Å²) < 4.78 is 26.3. The minimum absolute atomic E-state index is 0.0559. The van der Waals surface area contributed by atoms with Crippen molar-refractivity contribution in [2.75, 3.05) is 0 Å². The standard InChI is InChI=1S/C21H20O2S/c22-24(23,17-10-5-2-6-11-17)20-13-7-12-18-19(20)21(18,15-14-20)16-8-3-1-4-9-16/h1-6,8-11,14-15,18-19H,7,12-13H2/t18-,19?,20+,21+/m1/s1. The summed E-state index contributed by atoms with van der Waals surface area (Å²) in [5, 5.41) is 0. The molecule has 5 rings (SSSR count). The number of hydrogen-bond acceptors (Lipinski definition) is 2. The first-order valence-electron chi connectivity index (χ1n) is 8.68. The van der Waals surface area contributed by atoms with Crippen LogP contribution in [0.5, 0.6) is 0 Å². The highest BCUT2D eigenvalue weighted by Crippen LogP contribution is 2.75. The van der Waals surface area contributed by atoms with E-state index in [4.69, 9.17) is 0 Å². The third kappa shape index (κ3) is 1.54. The van der Waals surface area contributed by atoms with Crippen LogP contribution in [0.25, 0.3) is 0 Å². The molecule has 3 heteroatoms. The molecule has 24 heavy (non-hydrogen) atoms. The molecule has 0 spiro atoms. The maximum Gasteiger partial charge on any atom is 0.187 e. The summed E-state index contributed by atoms with van der Waals surface area (Å²) in [5.74, 6) is 0.670. The fourth-order valence-electron chi connectivity index (χ4n) is 5.51. The van der Waals surface area contributed by atoms with Crippen molar-refractivity contribution >= 4 is 9.84 Å². The molecule has 3 aliphatic carbocycles. The largest absolute Gasteiger partial charge is 0.223 e. The van der Waals surface area contributed by atoms with Gasteiger partial charge in [0.25, 0.3) is 0 Å². The Hall–Kier alpha value is -1.87. The van der Waals surface area contributed by atoms with E-state index in [9.17, 15) is 8.42 Å². The van der Waals surface area contributed by atoms with Crippen molar-refractivity contribution in [3.63, 3.8) is 0 Å². The van der Waals surface area contributed by atoms with Crippen LogP contribution in [-0.2, 0) is 15.3 Å². The van der Waals surface area contributed by atoms with Gasteiger partial charge in [0.05, 0.1) is 9.64 Å². The van der Waals surface area contributed by atoms with Gasteiger partial charge in [-0.05, 0) is 42.4 Å². The summed E-state index contributed by atoms with van der Waals surface area (Å²) in [5.41, 5.74) is 1.22. The fraction of sp³-hybridized carbons (Fsp3) is 0.333. The molecule has 2 saturated carbocycles. The molecule has 2 fully saturated rings. The molecule has 0 heterocycles. The van der Waals surface area contributed by atoms with Gasteiger partial charge in [-0.3, -0.25) is 0 Å². The van der Waals surface area contributed by atoms with Gasteiger partial charge in [0.15, 0.2) is 9.84 Å². The molecule has 0 aliphatic heterocycles. The first-order valence-corrected chi connectivity index (χ1v) is 10.2. The summed E-state index contributed by atoms with van der Waals surface area (Å²) in [7, 11) is -3.37. The van der Waals surface area contributed by atoms with Crippen LogP contribution in [0.15, 0.2) is 77.7 Å². The Balaban J connectivity index is 1.66. The van der Waals surface area contributed by atoms with E-state index >= 15 is 0 Å². The average molecular weight is 336 g/mol. The summed E-state index contributed by atoms with van der Waals surface area (Å²) in [6.07, 6.45) is 7.12. The Morgan fingerprint density at radius 3 is 2.25 bits per heavy atom. The molecular formula is C21H20O2S. The number of benzene rings is 2. The number of rotatable bonds is 3. The Labute approximate surface area is 143 Å². The predicted octanol–water partition coefficient (Wildman–Crippen LogP) is 4.14. The van der Waals surface area contributed by atoms with E-state index in [1.54, 1.807) is 12.1 Å². The van der Waals surface area contributed by atoms with Crippen molar-refractivity contribution in [2.45, 2.75) is 34.3 Å². The summed E-state index contributed by atoms with van der Waals surface area (Å²) in [4.78, 5) is 0.464. The number of hydrogen-bond donors (Lipinski definition) is 0. The third-order valence-corrected chi connectivity index (χ3v) is 8.99. The van der Waals surface area contributed by atoms with Crippen LogP contribution in [0.3, 0.4) is 0 Å². The van der Waals surface area contributed by atoms with E-state index in [2.05, 4.69) is 30.3 Å². The monoisotopic (exact) mass is 336 g/mol. The average Bonchev–Trinajstić information content (AvgIpc) is 3.15. The zero-order valence-electron chi connectivity index (χ0n) is 13.4. The molecule has 1 unspecified atom stereocenters. The minimum Gasteiger partial charge on any atom is -0.223 e. The van der Waals surface area contributed by atoms with E-state index < -0.39 is 14.6 Å². The van der Waals surface area contributed by atoms with Crippen molar-refractivity contribution in [2.24, 2.45) is 11.8 Å². The van der Waals surface area contributed by atoms with Gasteiger partial charge in [0.2, 0.25) is 0 Å². The van der Waals surface area contributed by atoms with Crippen molar-refractivity contribution in [1.82, 2.24) is 0 Å². The van der Waals surface area contributed by atoms with Gasteiger partial charge >= 0.3 is 0 Å². The number of allylic oxidation sites excluding steroid dienone is 1. The van der Waals surface area contributed by atoms with Gasteiger partial charge in [0.1, 0.15) is 0 Å². The Bertz CT molecular complexity index is 917. The summed E-state index contributed by atoms with van der Waals surface area (Å²) in [6, 6.07) is 19.5. The highest BCUT2D eigenvalue weighted by molar-refractivity contribution is 7.93. The van der Waals surface area contributed by atoms with E-state index in [-0.39, 0.29) is 11.3 Å². The first kappa shape index (κ1) is 14.5. The Kier molecular flexibility index (Phi) is 2.78. The van der Waals surface area contributed by atoms with Gasteiger partial charge in [-0.2, -0.15) is 0 Å². The van der Waals surface area contributed by atoms with Gasteiger partial charge < -0.3 is 0 Å². The summed E-state index contributed by atoms with van der Waals surface area (Å²) in [6.45, 7) is 0. The maximum absolute atomic E-state index is 13.5. The fourth-order valence-corrected chi connectivity index (χ4v) is 7.81. The highest BCUT2D eigenvalue weighted by atomic mass is 32.2. The second-order valence-corrected chi connectivity index (χ2v) is 9.62. The number of fused-ring (bicyclic) bond motifs is 1. The smallest absolute Gasteiger partial charge is 0.187 e. The molecule has 0 saturated heterocycles. The molecular weight excluding hydrogens is 316 g/mol. The van der Waals surface area contributed by atoms with Gasteiger partial charge in [-0.15, -0.1) is 0 Å². The topological polar surface area (TPSA) is 34.1 Å². The lowest BCUT2D eigenvalue weighted by Gasteiger charge is -2.33. The molecule has 0 bridgehead atoms.